The van der Waals surface area contributed by atoms with Gasteiger partial charge in [0.25, 0.3) is 0 Å². The van der Waals surface area contributed by atoms with E-state index in [1.54, 1.807) is 20.1 Å². The number of ether oxygens (including phenoxy) is 1. The van der Waals surface area contributed by atoms with E-state index in [0.29, 0.717) is 24.4 Å². The van der Waals surface area contributed by atoms with Gasteiger partial charge in [0.1, 0.15) is 11.8 Å². The summed E-state index contributed by atoms with van der Waals surface area (Å²) in [6, 6.07) is 12.2. The van der Waals surface area contributed by atoms with Crippen LogP contribution < -0.4 is 14.4 Å². The zero-order valence-electron chi connectivity index (χ0n) is 21.5. The van der Waals surface area contributed by atoms with Crippen molar-refractivity contribution in [2.45, 2.75) is 53.1 Å². The maximum absolute atomic E-state index is 13.2. The minimum Gasteiger partial charge on any atom is -0.497 e. The minimum atomic E-state index is -3.53. The first-order valence-electron chi connectivity index (χ1n) is 11.7. The van der Waals surface area contributed by atoms with Gasteiger partial charge in [0, 0.05) is 26.1 Å². The van der Waals surface area contributed by atoms with E-state index in [1.165, 1.54) is 9.21 Å². The van der Waals surface area contributed by atoms with E-state index in [4.69, 9.17) is 4.74 Å². The Morgan fingerprint density at radius 3 is 2.26 bits per heavy atom. The number of benzene rings is 2. The summed E-state index contributed by atoms with van der Waals surface area (Å²) in [5, 5.41) is 2.77. The van der Waals surface area contributed by atoms with Crippen LogP contribution in [0.2, 0.25) is 0 Å². The van der Waals surface area contributed by atoms with Crippen LogP contribution in [0.15, 0.2) is 42.5 Å². The highest BCUT2D eigenvalue weighted by Crippen LogP contribution is 2.22. The molecule has 1 N–H and O–H groups in total. The summed E-state index contributed by atoms with van der Waals surface area (Å²) < 4.78 is 31.5. The van der Waals surface area contributed by atoms with Crippen molar-refractivity contribution in [3.8, 4) is 5.75 Å². The summed E-state index contributed by atoms with van der Waals surface area (Å²) in [6.45, 7) is 8.32. The van der Waals surface area contributed by atoms with Gasteiger partial charge in [-0.25, -0.2) is 8.42 Å². The number of carbonyl (C=O) groups excluding carboxylic acids is 2. The zero-order valence-corrected chi connectivity index (χ0v) is 22.3. The molecule has 0 heterocycles. The van der Waals surface area contributed by atoms with Crippen molar-refractivity contribution in [3.63, 3.8) is 0 Å². The van der Waals surface area contributed by atoms with Crippen LogP contribution in [-0.4, -0.2) is 57.6 Å². The molecule has 0 aromatic heterocycles. The van der Waals surface area contributed by atoms with Crippen molar-refractivity contribution in [2.24, 2.45) is 0 Å². The van der Waals surface area contributed by atoms with E-state index in [0.717, 1.165) is 22.9 Å². The highest BCUT2D eigenvalue weighted by molar-refractivity contribution is 7.92. The van der Waals surface area contributed by atoms with Crippen molar-refractivity contribution in [1.82, 2.24) is 10.2 Å². The molecular weight excluding hydrogens is 466 g/mol. The van der Waals surface area contributed by atoms with Crippen LogP contribution in [0.4, 0.5) is 5.69 Å². The maximum Gasteiger partial charge on any atom is 0.242 e. The number of hydrogen-bond donors (Lipinski definition) is 1. The highest BCUT2D eigenvalue weighted by atomic mass is 32.2. The zero-order chi connectivity index (χ0) is 26.2. The normalized spacial score (nSPS) is 12.1. The summed E-state index contributed by atoms with van der Waals surface area (Å²) in [4.78, 5) is 27.3. The molecule has 0 unspecified atom stereocenters. The number of sulfonamides is 1. The second kappa shape index (κ2) is 12.6. The van der Waals surface area contributed by atoms with Crippen LogP contribution in [-0.2, 0) is 26.2 Å². The van der Waals surface area contributed by atoms with E-state index in [9.17, 15) is 18.0 Å². The molecule has 0 bridgehead atoms. The van der Waals surface area contributed by atoms with E-state index in [-0.39, 0.29) is 31.3 Å². The first-order valence-corrected chi connectivity index (χ1v) is 13.6. The Morgan fingerprint density at radius 1 is 1.06 bits per heavy atom. The Kier molecular flexibility index (Phi) is 10.1. The highest BCUT2D eigenvalue weighted by Gasteiger charge is 2.26. The third kappa shape index (κ3) is 7.99. The number of aryl methyl sites for hydroxylation is 2. The molecule has 2 amide bonds. The van der Waals surface area contributed by atoms with Gasteiger partial charge in [0.05, 0.1) is 19.1 Å². The predicted octanol–water partition coefficient (Wildman–Crippen LogP) is 3.41. The molecule has 0 aliphatic rings. The van der Waals surface area contributed by atoms with E-state index in [1.807, 2.05) is 57.2 Å². The molecule has 0 saturated heterocycles. The average Bonchev–Trinajstić information content (AvgIpc) is 2.81. The van der Waals surface area contributed by atoms with Crippen LogP contribution in [0.3, 0.4) is 0 Å². The van der Waals surface area contributed by atoms with Crippen LogP contribution in [0.5, 0.6) is 5.75 Å². The Bertz CT molecular complexity index is 1120. The van der Waals surface area contributed by atoms with Gasteiger partial charge in [-0.15, -0.1) is 0 Å². The number of carbonyl (C=O) groups is 2. The summed E-state index contributed by atoms with van der Waals surface area (Å²) in [6.07, 6.45) is 1.59. The number of rotatable bonds is 12. The van der Waals surface area contributed by atoms with Gasteiger partial charge in [0.2, 0.25) is 21.8 Å². The van der Waals surface area contributed by atoms with E-state index < -0.39 is 16.1 Å². The van der Waals surface area contributed by atoms with Crippen molar-refractivity contribution in [2.75, 3.05) is 30.8 Å². The number of nitrogens with zero attached hydrogens (tertiary/aromatic N) is 2. The number of amides is 2. The van der Waals surface area contributed by atoms with Gasteiger partial charge >= 0.3 is 0 Å². The Hall–Kier alpha value is -3.07. The van der Waals surface area contributed by atoms with Crippen molar-refractivity contribution >= 4 is 27.5 Å². The SMILES string of the molecule is CCNC(=O)[C@@H](C)N(Cc1ccc(OC)cc1)C(=O)CCCN(c1ccc(C)c(C)c1)S(C)(=O)=O. The second-order valence-corrected chi connectivity index (χ2v) is 10.6. The van der Waals surface area contributed by atoms with Crippen LogP contribution >= 0.6 is 0 Å². The summed E-state index contributed by atoms with van der Waals surface area (Å²) in [5.74, 6) is 0.256. The molecular formula is C26H37N3O5S. The fourth-order valence-electron chi connectivity index (χ4n) is 3.72. The Balaban J connectivity index is 2.17. The number of anilines is 1. The largest absolute Gasteiger partial charge is 0.497 e. The molecule has 2 rings (SSSR count). The molecule has 8 nitrogen and oxygen atoms in total. The van der Waals surface area contributed by atoms with Gasteiger partial charge in [-0.2, -0.15) is 0 Å². The molecule has 9 heteroatoms. The lowest BCUT2D eigenvalue weighted by Crippen LogP contribution is -2.47. The molecule has 0 radical (unpaired) electrons. The van der Waals surface area contributed by atoms with Crippen molar-refractivity contribution in [1.29, 1.82) is 0 Å². The lowest BCUT2D eigenvalue weighted by Gasteiger charge is -2.29. The van der Waals surface area contributed by atoms with Gasteiger partial charge in [0.15, 0.2) is 0 Å². The molecule has 192 valence electrons. The molecule has 0 aliphatic heterocycles. The standard InChI is InChI=1S/C26H37N3O5S/c1-7-27-26(31)21(4)28(18-22-11-14-24(34-5)15-12-22)25(30)9-8-16-29(35(6,32)33)23-13-10-19(2)20(3)17-23/h10-15,17,21H,7-9,16,18H2,1-6H3,(H,27,31)/t21-/m1/s1. The first-order chi connectivity index (χ1) is 16.5. The first kappa shape index (κ1) is 28.2. The molecule has 0 spiro atoms. The lowest BCUT2D eigenvalue weighted by molar-refractivity contribution is -0.140. The molecule has 2 aromatic rings. The molecule has 1 atom stereocenters. The van der Waals surface area contributed by atoms with Crippen LogP contribution in [0.25, 0.3) is 0 Å². The molecule has 0 aliphatic carbocycles. The summed E-state index contributed by atoms with van der Waals surface area (Å²) in [5.41, 5.74) is 3.51. The monoisotopic (exact) mass is 503 g/mol. The Labute approximate surface area is 209 Å². The smallest absolute Gasteiger partial charge is 0.242 e. The fourth-order valence-corrected chi connectivity index (χ4v) is 4.67. The fraction of sp³-hybridized carbons (Fsp3) is 0.462. The van der Waals surface area contributed by atoms with Gasteiger partial charge in [-0.3, -0.25) is 13.9 Å². The number of methoxy groups -OCH3 is 1. The molecule has 0 fully saturated rings. The third-order valence-electron chi connectivity index (χ3n) is 5.96. The Morgan fingerprint density at radius 2 is 1.71 bits per heavy atom. The number of nitrogens with one attached hydrogen (secondary N) is 1. The van der Waals surface area contributed by atoms with E-state index in [2.05, 4.69) is 5.32 Å². The van der Waals surface area contributed by atoms with Crippen LogP contribution in [0, 0.1) is 13.8 Å². The number of likely N-dealkylation sites (N-methyl/N-ethyl adjacent to an activating group) is 1. The van der Waals surface area contributed by atoms with Crippen LogP contribution in [0.1, 0.15) is 43.4 Å². The molecule has 2 aromatic carbocycles. The molecule has 35 heavy (non-hydrogen) atoms. The lowest BCUT2D eigenvalue weighted by atomic mass is 10.1. The summed E-state index contributed by atoms with van der Waals surface area (Å²) >= 11 is 0. The third-order valence-corrected chi connectivity index (χ3v) is 7.15. The minimum absolute atomic E-state index is 0.108. The van der Waals surface area contributed by atoms with E-state index >= 15 is 0 Å². The quantitative estimate of drug-likeness (QED) is 0.479. The summed E-state index contributed by atoms with van der Waals surface area (Å²) in [7, 11) is -1.94. The predicted molar refractivity (Wildman–Crippen MR) is 139 cm³/mol. The van der Waals surface area contributed by atoms with Gasteiger partial charge < -0.3 is 15.0 Å². The van der Waals surface area contributed by atoms with Crippen molar-refractivity contribution < 1.29 is 22.7 Å². The molecule has 0 saturated carbocycles. The maximum atomic E-state index is 13.2. The van der Waals surface area contributed by atoms with Crippen molar-refractivity contribution in [3.05, 3.63) is 59.2 Å². The van der Waals surface area contributed by atoms with Gasteiger partial charge in [-0.1, -0.05) is 18.2 Å². The van der Waals surface area contributed by atoms with Gasteiger partial charge in [-0.05, 0) is 75.1 Å². The average molecular weight is 504 g/mol. The topological polar surface area (TPSA) is 96.0 Å². The second-order valence-electron chi connectivity index (χ2n) is 8.65. The number of hydrogen-bond acceptors (Lipinski definition) is 5.